The van der Waals surface area contributed by atoms with E-state index in [2.05, 4.69) is 26.7 Å². The second-order valence-electron chi connectivity index (χ2n) is 6.27. The van der Waals surface area contributed by atoms with Crippen LogP contribution < -0.4 is 10.6 Å². The molecule has 0 amide bonds. The molecule has 1 aliphatic carbocycles. The number of nitrogens with zero attached hydrogens (tertiary/aromatic N) is 3. The normalized spacial score (nSPS) is 19.6. The Morgan fingerprint density at radius 2 is 2.08 bits per heavy atom. The van der Waals surface area contributed by atoms with E-state index >= 15 is 0 Å². The Kier molecular flexibility index (Phi) is 5.86. The van der Waals surface area contributed by atoms with Crippen LogP contribution >= 0.6 is 11.6 Å². The summed E-state index contributed by atoms with van der Waals surface area (Å²) in [7, 11) is 0. The molecule has 0 saturated heterocycles. The number of aromatic nitrogens is 2. The number of aliphatic hydroxyl groups excluding tert-OH is 1. The van der Waals surface area contributed by atoms with Gasteiger partial charge in [-0.05, 0) is 37.8 Å². The maximum atomic E-state index is 13.9. The first kappa shape index (κ1) is 18.4. The molecule has 1 saturated carbocycles. The first-order chi connectivity index (χ1) is 12.6. The van der Waals surface area contributed by atoms with Gasteiger partial charge in [-0.2, -0.15) is 10.2 Å². The number of nitriles is 1. The quantitative estimate of drug-likeness (QED) is 0.740. The molecule has 1 fully saturated rings. The molecule has 8 heteroatoms. The Labute approximate surface area is 156 Å². The van der Waals surface area contributed by atoms with Crippen LogP contribution in [0.2, 0.25) is 5.02 Å². The zero-order valence-electron chi connectivity index (χ0n) is 14.0. The van der Waals surface area contributed by atoms with Crippen molar-refractivity contribution in [2.75, 3.05) is 10.6 Å². The summed E-state index contributed by atoms with van der Waals surface area (Å²) in [5.41, 5.74) is 0.670. The zero-order valence-corrected chi connectivity index (χ0v) is 14.8. The number of anilines is 2. The number of aliphatic hydroxyl groups is 1. The number of hydrogen-bond acceptors (Lipinski definition) is 6. The summed E-state index contributed by atoms with van der Waals surface area (Å²) in [5.74, 6) is 0.311. The molecule has 0 unspecified atom stereocenters. The highest BCUT2D eigenvalue weighted by molar-refractivity contribution is 6.31. The maximum Gasteiger partial charge on any atom is 0.224 e. The average molecular weight is 376 g/mol. The van der Waals surface area contributed by atoms with Gasteiger partial charge in [-0.1, -0.05) is 17.7 Å². The van der Waals surface area contributed by atoms with Crippen LogP contribution in [0, 0.1) is 17.1 Å². The second kappa shape index (κ2) is 8.30. The number of halogens is 2. The van der Waals surface area contributed by atoms with E-state index in [1.807, 2.05) is 0 Å². The molecule has 3 rings (SSSR count). The summed E-state index contributed by atoms with van der Waals surface area (Å²) >= 11 is 6.02. The molecule has 2 aromatic rings. The molecule has 1 aromatic carbocycles. The van der Waals surface area contributed by atoms with Crippen LogP contribution in [-0.2, 0) is 6.54 Å². The summed E-state index contributed by atoms with van der Waals surface area (Å²) in [5, 5.41) is 25.4. The lowest BCUT2D eigenvalue weighted by Crippen LogP contribution is -2.29. The van der Waals surface area contributed by atoms with E-state index in [-0.39, 0.29) is 24.6 Å². The largest absolute Gasteiger partial charge is 0.393 e. The zero-order chi connectivity index (χ0) is 18.5. The molecule has 26 heavy (non-hydrogen) atoms. The minimum atomic E-state index is -0.405. The van der Waals surface area contributed by atoms with Gasteiger partial charge in [0, 0.05) is 23.2 Å². The van der Waals surface area contributed by atoms with Gasteiger partial charge in [-0.25, -0.2) is 9.37 Å². The monoisotopic (exact) mass is 375 g/mol. The summed E-state index contributed by atoms with van der Waals surface area (Å²) in [6.45, 7) is 0.131. The molecule has 0 aliphatic heterocycles. The predicted molar refractivity (Wildman–Crippen MR) is 97.4 cm³/mol. The third-order valence-electron chi connectivity index (χ3n) is 4.43. The summed E-state index contributed by atoms with van der Waals surface area (Å²) in [6.07, 6.45) is 4.24. The Bertz CT molecular complexity index is 797. The second-order valence-corrected chi connectivity index (χ2v) is 6.68. The molecule has 1 aliphatic rings. The van der Waals surface area contributed by atoms with Crippen molar-refractivity contribution >= 4 is 23.4 Å². The minimum Gasteiger partial charge on any atom is -0.393 e. The highest BCUT2D eigenvalue weighted by Crippen LogP contribution is 2.24. The van der Waals surface area contributed by atoms with Crippen molar-refractivity contribution < 1.29 is 9.50 Å². The number of hydrogen-bond donors (Lipinski definition) is 3. The standard InChI is InChI=1S/C18H19ClFN5O/c19-15-2-1-3-16(20)14(15)10-23-18-22-9-11(8-21)17(25-18)24-12-4-6-13(26)7-5-12/h1-3,9,12-13,26H,4-7,10H2,(H2,22,23,24,25). The molecule has 0 bridgehead atoms. The third kappa shape index (κ3) is 4.40. The van der Waals surface area contributed by atoms with Gasteiger partial charge in [0.2, 0.25) is 5.95 Å². The van der Waals surface area contributed by atoms with E-state index in [1.165, 1.54) is 12.3 Å². The van der Waals surface area contributed by atoms with Gasteiger partial charge >= 0.3 is 0 Å². The lowest BCUT2D eigenvalue weighted by Gasteiger charge is -2.26. The molecular formula is C18H19ClFN5O. The van der Waals surface area contributed by atoms with E-state index in [0.29, 0.717) is 22.0 Å². The lowest BCUT2D eigenvalue weighted by molar-refractivity contribution is 0.126. The van der Waals surface area contributed by atoms with Gasteiger partial charge in [0.25, 0.3) is 0 Å². The fourth-order valence-corrected chi connectivity index (χ4v) is 3.17. The van der Waals surface area contributed by atoms with Gasteiger partial charge in [-0.15, -0.1) is 0 Å². The van der Waals surface area contributed by atoms with E-state index in [4.69, 9.17) is 11.6 Å². The predicted octanol–water partition coefficient (Wildman–Crippen LogP) is 3.47. The number of nitrogens with one attached hydrogen (secondary N) is 2. The first-order valence-electron chi connectivity index (χ1n) is 8.45. The Morgan fingerprint density at radius 3 is 2.77 bits per heavy atom. The summed E-state index contributed by atoms with van der Waals surface area (Å²) < 4.78 is 13.9. The molecule has 0 atom stereocenters. The van der Waals surface area contributed by atoms with Crippen LogP contribution in [0.5, 0.6) is 0 Å². The van der Waals surface area contributed by atoms with Crippen molar-refractivity contribution in [3.05, 3.63) is 46.4 Å². The summed E-state index contributed by atoms with van der Waals surface area (Å²) in [6, 6.07) is 6.72. The van der Waals surface area contributed by atoms with Gasteiger partial charge in [-0.3, -0.25) is 0 Å². The van der Waals surface area contributed by atoms with Gasteiger partial charge in [0.05, 0.1) is 12.3 Å². The van der Waals surface area contributed by atoms with Gasteiger partial charge < -0.3 is 15.7 Å². The van der Waals surface area contributed by atoms with Crippen LogP contribution in [-0.4, -0.2) is 27.2 Å². The molecule has 1 aromatic heterocycles. The number of rotatable bonds is 5. The smallest absolute Gasteiger partial charge is 0.224 e. The highest BCUT2D eigenvalue weighted by atomic mass is 35.5. The molecule has 6 nitrogen and oxygen atoms in total. The Morgan fingerprint density at radius 1 is 1.31 bits per heavy atom. The molecule has 0 radical (unpaired) electrons. The fourth-order valence-electron chi connectivity index (χ4n) is 2.94. The maximum absolute atomic E-state index is 13.9. The molecule has 136 valence electrons. The molecular weight excluding hydrogens is 357 g/mol. The van der Waals surface area contributed by atoms with E-state index < -0.39 is 5.82 Å². The van der Waals surface area contributed by atoms with Crippen molar-refractivity contribution in [1.29, 1.82) is 5.26 Å². The molecule has 1 heterocycles. The first-order valence-corrected chi connectivity index (χ1v) is 8.83. The van der Waals surface area contributed by atoms with E-state index in [9.17, 15) is 14.8 Å². The third-order valence-corrected chi connectivity index (χ3v) is 4.79. The van der Waals surface area contributed by atoms with Crippen molar-refractivity contribution in [2.24, 2.45) is 0 Å². The van der Waals surface area contributed by atoms with E-state index in [1.54, 1.807) is 12.1 Å². The topological polar surface area (TPSA) is 93.9 Å². The fraction of sp³-hybridized carbons (Fsp3) is 0.389. The highest BCUT2D eigenvalue weighted by Gasteiger charge is 2.21. The minimum absolute atomic E-state index is 0.131. The van der Waals surface area contributed by atoms with Crippen molar-refractivity contribution in [3.8, 4) is 6.07 Å². The lowest BCUT2D eigenvalue weighted by atomic mass is 9.93. The summed E-state index contributed by atoms with van der Waals surface area (Å²) in [4.78, 5) is 8.45. The molecule has 0 spiro atoms. The van der Waals surface area contributed by atoms with Crippen LogP contribution in [0.25, 0.3) is 0 Å². The van der Waals surface area contributed by atoms with Gasteiger partial charge in [0.1, 0.15) is 23.3 Å². The van der Waals surface area contributed by atoms with Gasteiger partial charge in [0.15, 0.2) is 0 Å². The number of benzene rings is 1. The SMILES string of the molecule is N#Cc1cnc(NCc2c(F)cccc2Cl)nc1NC1CCC(O)CC1. The van der Waals surface area contributed by atoms with Crippen LogP contribution in [0.15, 0.2) is 24.4 Å². The Balaban J connectivity index is 1.72. The van der Waals surface area contributed by atoms with Crippen LogP contribution in [0.1, 0.15) is 36.8 Å². The van der Waals surface area contributed by atoms with E-state index in [0.717, 1.165) is 25.7 Å². The van der Waals surface area contributed by atoms with Crippen molar-refractivity contribution in [2.45, 2.75) is 44.4 Å². The van der Waals surface area contributed by atoms with Crippen molar-refractivity contribution in [3.63, 3.8) is 0 Å². The van der Waals surface area contributed by atoms with Crippen LogP contribution in [0.4, 0.5) is 16.2 Å². The molecule has 3 N–H and O–H groups in total. The van der Waals surface area contributed by atoms with Crippen LogP contribution in [0.3, 0.4) is 0 Å². The van der Waals surface area contributed by atoms with Crippen molar-refractivity contribution in [1.82, 2.24) is 9.97 Å². The average Bonchev–Trinajstić information content (AvgIpc) is 2.63. The Hall–Kier alpha value is -2.43.